The number of amides is 5. The Labute approximate surface area is 487 Å². The molecule has 7 aromatic heterocycles. The summed E-state index contributed by atoms with van der Waals surface area (Å²) in [5, 5.41) is 43.7. The average molecular weight is 1210 g/mol. The number of aryl methyl sites for hydroxylation is 1. The first-order chi connectivity index (χ1) is 39.0. The fourth-order valence-electron chi connectivity index (χ4n) is 8.43. The zero-order valence-electron chi connectivity index (χ0n) is 43.9. The van der Waals surface area contributed by atoms with Gasteiger partial charge in [0, 0.05) is 65.5 Å². The molecule has 81 heavy (non-hydrogen) atoms. The first kappa shape index (κ1) is 58.2. The molecular weight excluding hydrogens is 1160 g/mol. The minimum atomic E-state index is -1.29. The van der Waals surface area contributed by atoms with E-state index in [0.717, 1.165) is 11.3 Å². The zero-order valence-corrected chi connectivity index (χ0v) is 48.8. The number of carbonyl (C=O) groups excluding carboxylic acids is 6. The third-order valence-corrected chi connectivity index (χ3v) is 18.3. The molecule has 0 fully saturated rings. The van der Waals surface area contributed by atoms with E-state index in [1.807, 2.05) is 13.8 Å². The zero-order chi connectivity index (χ0) is 57.5. The van der Waals surface area contributed by atoms with E-state index in [1.54, 1.807) is 70.9 Å². The number of carboxylic acids is 1. The second-order valence-electron chi connectivity index (χ2n) is 18.7. The number of thiazole rings is 6. The summed E-state index contributed by atoms with van der Waals surface area (Å²) in [5.41, 5.74) is 2.84. The highest BCUT2D eigenvalue weighted by Crippen LogP contribution is 2.40. The number of aliphatic hydroxyl groups is 1. The molecule has 4 unspecified atom stereocenters. The lowest BCUT2D eigenvalue weighted by atomic mass is 9.97. The lowest BCUT2D eigenvalue weighted by Crippen LogP contribution is -2.40. The highest BCUT2D eigenvalue weighted by molar-refractivity contribution is 7.15. The van der Waals surface area contributed by atoms with Crippen LogP contribution in [0.3, 0.4) is 0 Å². The number of carbonyl (C=O) groups is 7. The molecule has 0 saturated heterocycles. The highest BCUT2D eigenvalue weighted by Gasteiger charge is 2.36. The summed E-state index contributed by atoms with van der Waals surface area (Å²) < 4.78 is 5.53. The van der Waals surface area contributed by atoms with Crippen LogP contribution >= 0.6 is 68.0 Å². The quantitative estimate of drug-likeness (QED) is 0.0511. The van der Waals surface area contributed by atoms with Crippen LogP contribution in [0.4, 0.5) is 0 Å². The van der Waals surface area contributed by atoms with Gasteiger partial charge in [0.2, 0.25) is 11.8 Å². The number of nitrogens with zero attached hydrogens (tertiary/aromatic N) is 7. The topological polar surface area (TPSA) is 320 Å². The summed E-state index contributed by atoms with van der Waals surface area (Å²) in [6.45, 7) is 5.15. The van der Waals surface area contributed by atoms with Crippen LogP contribution in [0, 0.1) is 12.8 Å². The van der Waals surface area contributed by atoms with Gasteiger partial charge >= 0.3 is 5.97 Å². The molecule has 1 aliphatic heterocycles. The Morgan fingerprint density at radius 3 is 2.20 bits per heavy atom. The van der Waals surface area contributed by atoms with Crippen LogP contribution in [0.1, 0.15) is 136 Å². The van der Waals surface area contributed by atoms with Gasteiger partial charge in [0.25, 0.3) is 17.7 Å². The molecule has 1 aromatic carbocycles. The van der Waals surface area contributed by atoms with E-state index in [0.29, 0.717) is 81.5 Å². The van der Waals surface area contributed by atoms with Gasteiger partial charge in [-0.2, -0.15) is 0 Å². The first-order valence-corrected chi connectivity index (χ1v) is 30.3. The molecule has 28 heteroatoms. The number of ketones is 1. The number of rotatable bonds is 14. The Balaban J connectivity index is 1.12. The standard InChI is InChI=1S/C53H52N12O10S6/c1-24(2)38-53-65-41(34(81-53)19-75-5)44(71)28(17-35(66)54-4)49-64-39(25(3)80-49)47(74)56-18-36(67)62-42(43(70)26-11-7-6-8-12-26)52-61-33(23-79-52)51-58-30(20-77-51)40-27(48-59-32(22-76-48)46(73)63-38)14-15-29(57-40)50-60-31(21-78-50)45(72)55-16-10-9-13-37(68)69/h6-8,11-12,14-15,20-24,28,38,42-43,70H,9-10,13,16-19H2,1-5H3,(H,54,66)(H,55,72)(H,56,74)(H,62,67)(H,63,73)(H,68,69). The van der Waals surface area contributed by atoms with Crippen LogP contribution < -0.4 is 26.6 Å². The van der Waals surface area contributed by atoms with Crippen LogP contribution in [0.2, 0.25) is 0 Å². The van der Waals surface area contributed by atoms with Gasteiger partial charge in [0.05, 0.1) is 35.7 Å². The van der Waals surface area contributed by atoms with E-state index in [-0.39, 0.29) is 59.7 Å². The molecule has 22 nitrogen and oxygen atoms in total. The summed E-state index contributed by atoms with van der Waals surface area (Å²) in [7, 11) is 2.91. The van der Waals surface area contributed by atoms with Crippen LogP contribution in [-0.4, -0.2) is 114 Å². The number of hydrogen-bond donors (Lipinski definition) is 7. The molecule has 5 amide bonds. The van der Waals surface area contributed by atoms with Crippen molar-refractivity contribution in [3.8, 4) is 43.4 Å². The fraction of sp³-hybridized carbons (Fsp3) is 0.321. The van der Waals surface area contributed by atoms with E-state index >= 15 is 0 Å². The molecule has 0 spiro atoms. The molecule has 420 valence electrons. The predicted molar refractivity (Wildman–Crippen MR) is 308 cm³/mol. The number of aliphatic hydroxyl groups excluding tert-OH is 1. The lowest BCUT2D eigenvalue weighted by molar-refractivity contribution is -0.137. The number of pyridine rings is 1. The number of benzene rings is 1. The Morgan fingerprint density at radius 2 is 1.44 bits per heavy atom. The van der Waals surface area contributed by atoms with Gasteiger partial charge in [-0.25, -0.2) is 34.9 Å². The molecule has 8 aromatic rings. The minimum Gasteiger partial charge on any atom is -0.481 e. The van der Waals surface area contributed by atoms with Gasteiger partial charge in [-0.1, -0.05) is 44.2 Å². The smallest absolute Gasteiger partial charge is 0.303 e. The number of fused-ring (bicyclic) bond motifs is 14. The maximum absolute atomic E-state index is 14.8. The maximum Gasteiger partial charge on any atom is 0.303 e. The third kappa shape index (κ3) is 13.5. The second-order valence-corrected chi connectivity index (χ2v) is 24.5. The predicted octanol–water partition coefficient (Wildman–Crippen LogP) is 7.79. The summed E-state index contributed by atoms with van der Waals surface area (Å²) in [6, 6.07) is 10.4. The number of nitrogens with one attached hydrogen (secondary N) is 5. The van der Waals surface area contributed by atoms with Gasteiger partial charge < -0.3 is 41.5 Å². The first-order valence-electron chi connectivity index (χ1n) is 25.2. The van der Waals surface area contributed by atoms with Crippen molar-refractivity contribution in [2.75, 3.05) is 27.2 Å². The summed E-state index contributed by atoms with van der Waals surface area (Å²) >= 11 is 7.08. The van der Waals surface area contributed by atoms with Crippen molar-refractivity contribution in [2.24, 2.45) is 5.92 Å². The molecule has 7 N–H and O–H groups in total. The Morgan fingerprint density at radius 1 is 0.728 bits per heavy atom. The van der Waals surface area contributed by atoms with Crippen molar-refractivity contribution < 1.29 is 48.5 Å². The van der Waals surface area contributed by atoms with Gasteiger partial charge in [-0.3, -0.25) is 33.6 Å². The summed E-state index contributed by atoms with van der Waals surface area (Å²) in [4.78, 5) is 129. The number of Topliss-reactive ketones (excluding diaryl/α,β-unsaturated/α-hetero) is 1. The number of aliphatic carboxylic acids is 1. The molecule has 0 aliphatic carbocycles. The Kier molecular flexibility index (Phi) is 18.7. The number of methoxy groups -OCH3 is 1. The van der Waals surface area contributed by atoms with Gasteiger partial charge in [-0.15, -0.1) is 68.0 Å². The molecule has 0 radical (unpaired) electrons. The van der Waals surface area contributed by atoms with E-state index in [2.05, 4.69) is 36.6 Å². The second kappa shape index (κ2) is 26.0. The van der Waals surface area contributed by atoms with E-state index in [1.165, 1.54) is 70.8 Å². The summed E-state index contributed by atoms with van der Waals surface area (Å²) in [5.74, 6) is -5.69. The molecule has 1 aliphatic rings. The van der Waals surface area contributed by atoms with Crippen LogP contribution in [-0.2, 0) is 25.7 Å². The number of hydrogen-bond acceptors (Lipinski definition) is 22. The summed E-state index contributed by atoms with van der Waals surface area (Å²) in [6.07, 6.45) is -0.735. The minimum absolute atomic E-state index is 0.00328. The van der Waals surface area contributed by atoms with E-state index < -0.39 is 71.9 Å². The van der Waals surface area contributed by atoms with Crippen LogP contribution in [0.25, 0.3) is 43.4 Å². The van der Waals surface area contributed by atoms with Crippen molar-refractivity contribution >= 4 is 109 Å². The maximum atomic E-state index is 14.8. The van der Waals surface area contributed by atoms with Crippen LogP contribution in [0.15, 0.2) is 64.0 Å². The largest absolute Gasteiger partial charge is 0.481 e. The van der Waals surface area contributed by atoms with Crippen molar-refractivity contribution in [3.05, 3.63) is 117 Å². The normalized spacial score (nSPS) is 16.4. The third-order valence-electron chi connectivity index (χ3n) is 12.6. The molecule has 10 bridgehead atoms. The number of carboxylic acid groups (broad SMARTS) is 1. The van der Waals surface area contributed by atoms with Gasteiger partial charge in [0.15, 0.2) is 5.78 Å². The fourth-order valence-corrected chi connectivity index (χ4v) is 14.0. The van der Waals surface area contributed by atoms with Crippen LogP contribution in [0.5, 0.6) is 0 Å². The molecule has 4 atom stereocenters. The SMILES string of the molecule is CNC(=O)CC1C(=O)c2nc(sc2COC)C(C(C)C)NC(=O)c2csc(n2)-c2ccc(-c3nc(C(=O)NCCCCC(=O)O)cs3)nc2-c2csc(n2)-c2csc(n2)C(C(O)c2ccccc2)NC(=O)CNC(=O)c2nc1sc2C. The Bertz CT molecular complexity index is 3640. The average Bonchev–Trinajstić information content (AvgIpc) is 4.49. The molecule has 8 heterocycles. The molecule has 0 saturated carbocycles. The molecular formula is C53H52N12O10S6. The van der Waals surface area contributed by atoms with Crippen molar-refractivity contribution in [1.82, 2.24) is 61.5 Å². The highest BCUT2D eigenvalue weighted by atomic mass is 32.1. The number of ether oxygens (including phenoxy) is 1. The number of aromatic nitrogens is 7. The van der Waals surface area contributed by atoms with Crippen molar-refractivity contribution in [3.63, 3.8) is 0 Å². The van der Waals surface area contributed by atoms with E-state index in [9.17, 15) is 38.7 Å². The van der Waals surface area contributed by atoms with Crippen molar-refractivity contribution in [1.29, 1.82) is 0 Å². The monoisotopic (exact) mass is 1210 g/mol. The molecule has 9 rings (SSSR count). The van der Waals surface area contributed by atoms with E-state index in [4.69, 9.17) is 34.8 Å². The van der Waals surface area contributed by atoms with Crippen molar-refractivity contribution in [2.45, 2.75) is 77.2 Å². The van der Waals surface area contributed by atoms with Gasteiger partial charge in [-0.05, 0) is 43.4 Å². The lowest BCUT2D eigenvalue weighted by Gasteiger charge is -2.23. The Hall–Kier alpha value is -7.44. The number of unbranched alkanes of at least 4 members (excludes halogenated alkanes) is 1. The van der Waals surface area contributed by atoms with Gasteiger partial charge in [0.1, 0.15) is 82.0 Å².